The molecule has 26 heavy (non-hydrogen) atoms. The van der Waals surface area contributed by atoms with Crippen LogP contribution in [0.25, 0.3) is 0 Å². The molecule has 3 atom stereocenters. The van der Waals surface area contributed by atoms with Crippen LogP contribution in [-0.2, 0) is 21.0 Å². The molecule has 2 fully saturated rings. The zero-order valence-electron chi connectivity index (χ0n) is 15.0. The van der Waals surface area contributed by atoms with E-state index in [0.717, 1.165) is 31.2 Å². The maximum atomic E-state index is 10.5. The van der Waals surface area contributed by atoms with Crippen LogP contribution in [-0.4, -0.2) is 23.3 Å². The van der Waals surface area contributed by atoms with Gasteiger partial charge in [-0.1, -0.05) is 42.5 Å². The van der Waals surface area contributed by atoms with Crippen molar-refractivity contribution in [2.45, 2.75) is 57.3 Å². The standard InChI is InChI=1S/C21H27NO4/c23-21(24)11-7-2-1-6-10-17-18(20-13-12-19(17)26-20)14-22-25-15-16-8-4-3-5-9-16/h1,3-6,8-9,14,17,19-20,22H,2,7,10-13,15H2,(H,23,24)/t17-,19-,20+/m1/s1. The van der Waals surface area contributed by atoms with Gasteiger partial charge in [0.25, 0.3) is 0 Å². The van der Waals surface area contributed by atoms with Gasteiger partial charge in [0.2, 0.25) is 0 Å². The highest BCUT2D eigenvalue weighted by atomic mass is 16.6. The monoisotopic (exact) mass is 357 g/mol. The van der Waals surface area contributed by atoms with Crippen LogP contribution in [0.4, 0.5) is 0 Å². The molecule has 1 aromatic carbocycles. The lowest BCUT2D eigenvalue weighted by Crippen LogP contribution is -2.21. The number of carbonyl (C=O) groups is 1. The average Bonchev–Trinajstić information content (AvgIpc) is 3.24. The van der Waals surface area contributed by atoms with Crippen molar-refractivity contribution in [3.05, 3.63) is 59.8 Å². The number of hydrogen-bond acceptors (Lipinski definition) is 4. The first-order valence-corrected chi connectivity index (χ1v) is 9.37. The van der Waals surface area contributed by atoms with E-state index in [1.54, 1.807) is 0 Å². The minimum absolute atomic E-state index is 0.207. The third kappa shape index (κ3) is 5.19. The van der Waals surface area contributed by atoms with Gasteiger partial charge in [-0.3, -0.25) is 15.1 Å². The SMILES string of the molecule is O=C(O)CCCC=CC[C@@H]1C(=CNOCc2ccccc2)[C@@H]2CC[C@H]1O2. The average molecular weight is 357 g/mol. The van der Waals surface area contributed by atoms with E-state index in [2.05, 4.69) is 17.6 Å². The largest absolute Gasteiger partial charge is 0.481 e. The van der Waals surface area contributed by atoms with Crippen LogP contribution in [0.5, 0.6) is 0 Å². The maximum absolute atomic E-state index is 10.5. The van der Waals surface area contributed by atoms with Crippen molar-refractivity contribution in [1.29, 1.82) is 0 Å². The van der Waals surface area contributed by atoms with Gasteiger partial charge in [-0.05, 0) is 43.2 Å². The molecule has 2 aliphatic heterocycles. The Hall–Kier alpha value is -2.11. The fraction of sp³-hybridized carbons (Fsp3) is 0.476. The minimum Gasteiger partial charge on any atom is -0.481 e. The smallest absolute Gasteiger partial charge is 0.303 e. The van der Waals surface area contributed by atoms with Gasteiger partial charge >= 0.3 is 5.97 Å². The number of hydrogen-bond donors (Lipinski definition) is 2. The highest BCUT2D eigenvalue weighted by molar-refractivity contribution is 5.66. The molecule has 0 aromatic heterocycles. The number of benzene rings is 1. The molecule has 140 valence electrons. The quantitative estimate of drug-likeness (QED) is 0.377. The molecule has 0 saturated carbocycles. The van der Waals surface area contributed by atoms with Crippen molar-refractivity contribution in [2.24, 2.45) is 5.92 Å². The van der Waals surface area contributed by atoms with Crippen LogP contribution in [0, 0.1) is 5.92 Å². The molecular weight excluding hydrogens is 330 g/mol. The lowest BCUT2D eigenvalue weighted by molar-refractivity contribution is -0.137. The predicted molar refractivity (Wildman–Crippen MR) is 99.1 cm³/mol. The summed E-state index contributed by atoms with van der Waals surface area (Å²) in [6.07, 6.45) is 11.6. The summed E-state index contributed by atoms with van der Waals surface area (Å²) >= 11 is 0. The van der Waals surface area contributed by atoms with Crippen LogP contribution in [0.1, 0.15) is 44.1 Å². The van der Waals surface area contributed by atoms with E-state index in [1.165, 1.54) is 5.57 Å². The van der Waals surface area contributed by atoms with Crippen LogP contribution in [0.15, 0.2) is 54.3 Å². The van der Waals surface area contributed by atoms with Gasteiger partial charge in [0.1, 0.15) is 0 Å². The van der Waals surface area contributed by atoms with E-state index in [-0.39, 0.29) is 12.5 Å². The van der Waals surface area contributed by atoms with Crippen LogP contribution < -0.4 is 5.48 Å². The summed E-state index contributed by atoms with van der Waals surface area (Å²) in [5, 5.41) is 8.66. The Morgan fingerprint density at radius 1 is 1.27 bits per heavy atom. The second-order valence-electron chi connectivity index (χ2n) is 6.88. The summed E-state index contributed by atoms with van der Waals surface area (Å²) in [6.45, 7) is 0.522. The van der Waals surface area contributed by atoms with Crippen molar-refractivity contribution >= 4 is 5.97 Å². The van der Waals surface area contributed by atoms with Gasteiger partial charge < -0.3 is 9.84 Å². The summed E-state index contributed by atoms with van der Waals surface area (Å²) in [5.74, 6) is -0.344. The van der Waals surface area contributed by atoms with Crippen LogP contribution in [0.3, 0.4) is 0 Å². The number of hydroxylamine groups is 1. The van der Waals surface area contributed by atoms with Gasteiger partial charge in [-0.15, -0.1) is 0 Å². The number of fused-ring (bicyclic) bond motifs is 2. The van der Waals surface area contributed by atoms with Crippen molar-refractivity contribution in [3.63, 3.8) is 0 Å². The molecule has 0 spiro atoms. The summed E-state index contributed by atoms with van der Waals surface area (Å²) in [6, 6.07) is 10.1. The van der Waals surface area contributed by atoms with Crippen LogP contribution >= 0.6 is 0 Å². The number of carboxylic acid groups (broad SMARTS) is 1. The molecule has 0 aliphatic carbocycles. The van der Waals surface area contributed by atoms with E-state index >= 15 is 0 Å². The maximum Gasteiger partial charge on any atom is 0.303 e. The number of allylic oxidation sites excluding steroid dienone is 2. The Labute approximate surface area is 154 Å². The minimum atomic E-state index is -0.730. The zero-order valence-corrected chi connectivity index (χ0v) is 15.0. The Kier molecular flexibility index (Phi) is 6.86. The Morgan fingerprint density at radius 2 is 2.12 bits per heavy atom. The lowest BCUT2D eigenvalue weighted by atomic mass is 9.82. The van der Waals surface area contributed by atoms with Gasteiger partial charge in [0.05, 0.1) is 18.8 Å². The fourth-order valence-corrected chi connectivity index (χ4v) is 3.69. The number of ether oxygens (including phenoxy) is 1. The highest BCUT2D eigenvalue weighted by Gasteiger charge is 2.44. The molecule has 2 N–H and O–H groups in total. The van der Waals surface area contributed by atoms with Gasteiger partial charge in [-0.2, -0.15) is 0 Å². The first-order valence-electron chi connectivity index (χ1n) is 9.37. The topological polar surface area (TPSA) is 67.8 Å². The third-order valence-electron chi connectivity index (χ3n) is 5.01. The number of carboxylic acids is 1. The predicted octanol–water partition coefficient (Wildman–Crippen LogP) is 3.97. The molecule has 2 bridgehead atoms. The second-order valence-corrected chi connectivity index (χ2v) is 6.88. The van der Waals surface area contributed by atoms with E-state index in [1.807, 2.05) is 36.5 Å². The molecule has 5 heteroatoms. The summed E-state index contributed by atoms with van der Waals surface area (Å²) < 4.78 is 6.05. The van der Waals surface area contributed by atoms with Crippen molar-refractivity contribution < 1.29 is 19.5 Å². The zero-order chi connectivity index (χ0) is 18.2. The van der Waals surface area contributed by atoms with Gasteiger partial charge in [0, 0.05) is 18.5 Å². The molecular formula is C21H27NO4. The first-order chi connectivity index (χ1) is 12.7. The Bertz CT molecular complexity index is 641. The van der Waals surface area contributed by atoms with E-state index in [9.17, 15) is 4.79 Å². The number of rotatable bonds is 10. The Balaban J connectivity index is 1.45. The van der Waals surface area contributed by atoms with Crippen molar-refractivity contribution in [3.8, 4) is 0 Å². The number of nitrogens with one attached hydrogen (secondary N) is 1. The Morgan fingerprint density at radius 3 is 2.92 bits per heavy atom. The molecule has 0 radical (unpaired) electrons. The number of aliphatic carboxylic acids is 1. The summed E-state index contributed by atoms with van der Waals surface area (Å²) in [4.78, 5) is 16.1. The normalized spacial score (nSPS) is 26.0. The number of unbranched alkanes of at least 4 members (excludes halogenated alkanes) is 1. The highest BCUT2D eigenvalue weighted by Crippen LogP contribution is 2.44. The molecule has 1 aromatic rings. The van der Waals surface area contributed by atoms with E-state index < -0.39 is 5.97 Å². The van der Waals surface area contributed by atoms with Gasteiger partial charge in [-0.25, -0.2) is 0 Å². The van der Waals surface area contributed by atoms with Crippen molar-refractivity contribution in [1.82, 2.24) is 5.48 Å². The molecule has 0 amide bonds. The van der Waals surface area contributed by atoms with E-state index in [0.29, 0.717) is 25.0 Å². The van der Waals surface area contributed by atoms with Crippen molar-refractivity contribution in [2.75, 3.05) is 0 Å². The molecule has 0 unspecified atom stereocenters. The van der Waals surface area contributed by atoms with E-state index in [4.69, 9.17) is 14.7 Å². The molecule has 3 rings (SSSR count). The molecule has 5 nitrogen and oxygen atoms in total. The molecule has 2 aliphatic rings. The molecule has 2 heterocycles. The van der Waals surface area contributed by atoms with Crippen LogP contribution in [0.2, 0.25) is 0 Å². The third-order valence-corrected chi connectivity index (χ3v) is 5.01. The van der Waals surface area contributed by atoms with Gasteiger partial charge in [0.15, 0.2) is 0 Å². The summed E-state index contributed by atoms with van der Waals surface area (Å²) in [7, 11) is 0. The first kappa shape index (κ1) is 18.7. The molecule has 2 saturated heterocycles. The lowest BCUT2D eigenvalue weighted by Gasteiger charge is -2.20. The fourth-order valence-electron chi connectivity index (χ4n) is 3.69. The summed E-state index contributed by atoms with van der Waals surface area (Å²) in [5.41, 5.74) is 5.39. The second kappa shape index (κ2) is 9.55.